The Kier molecular flexibility index (Phi) is 4.79. The lowest BCUT2D eigenvalue weighted by molar-refractivity contribution is 0.0939. The SMILES string of the molecule is COc1cccc([C@H](C)NC(=O)c2ccccc2Br)c1. The number of carbonyl (C=O) groups excluding carboxylic acids is 1. The number of ether oxygens (including phenoxy) is 1. The summed E-state index contributed by atoms with van der Waals surface area (Å²) in [6, 6.07) is 15.0. The zero-order valence-electron chi connectivity index (χ0n) is 11.4. The van der Waals surface area contributed by atoms with Crippen LogP contribution in [-0.2, 0) is 0 Å². The number of amides is 1. The minimum Gasteiger partial charge on any atom is -0.497 e. The highest BCUT2D eigenvalue weighted by Gasteiger charge is 2.13. The van der Waals surface area contributed by atoms with Gasteiger partial charge in [-0.3, -0.25) is 4.79 Å². The summed E-state index contributed by atoms with van der Waals surface area (Å²) in [6.07, 6.45) is 0. The van der Waals surface area contributed by atoms with Crippen molar-refractivity contribution in [3.05, 3.63) is 64.1 Å². The van der Waals surface area contributed by atoms with Gasteiger partial charge in [-0.2, -0.15) is 0 Å². The van der Waals surface area contributed by atoms with Gasteiger partial charge in [0.1, 0.15) is 5.75 Å². The summed E-state index contributed by atoms with van der Waals surface area (Å²) in [5, 5.41) is 2.98. The van der Waals surface area contributed by atoms with E-state index in [0.29, 0.717) is 5.56 Å². The van der Waals surface area contributed by atoms with Crippen LogP contribution in [0.4, 0.5) is 0 Å². The third-order valence-corrected chi connectivity index (χ3v) is 3.75. The zero-order chi connectivity index (χ0) is 14.5. The van der Waals surface area contributed by atoms with Crippen LogP contribution in [0, 0.1) is 0 Å². The van der Waals surface area contributed by atoms with Crippen molar-refractivity contribution in [3.8, 4) is 5.75 Å². The Bertz CT molecular complexity index is 613. The maximum atomic E-state index is 12.2. The van der Waals surface area contributed by atoms with Gasteiger partial charge in [0.05, 0.1) is 18.7 Å². The van der Waals surface area contributed by atoms with Gasteiger partial charge in [0, 0.05) is 4.47 Å². The molecule has 0 aromatic heterocycles. The summed E-state index contributed by atoms with van der Waals surface area (Å²) in [5.74, 6) is 0.678. The highest BCUT2D eigenvalue weighted by molar-refractivity contribution is 9.10. The van der Waals surface area contributed by atoms with Gasteiger partial charge >= 0.3 is 0 Å². The summed E-state index contributed by atoms with van der Waals surface area (Å²) < 4.78 is 5.98. The Morgan fingerprint density at radius 1 is 1.20 bits per heavy atom. The Balaban J connectivity index is 2.13. The van der Waals surface area contributed by atoms with Gasteiger partial charge in [-0.1, -0.05) is 24.3 Å². The van der Waals surface area contributed by atoms with Crippen LogP contribution in [0.1, 0.15) is 28.9 Å². The van der Waals surface area contributed by atoms with Gasteiger partial charge in [-0.15, -0.1) is 0 Å². The quantitative estimate of drug-likeness (QED) is 0.919. The number of methoxy groups -OCH3 is 1. The van der Waals surface area contributed by atoms with Crippen molar-refractivity contribution in [2.24, 2.45) is 0 Å². The summed E-state index contributed by atoms with van der Waals surface area (Å²) in [6.45, 7) is 1.95. The number of rotatable bonds is 4. The smallest absolute Gasteiger partial charge is 0.252 e. The molecular formula is C16H16BrNO2. The van der Waals surface area contributed by atoms with Gasteiger partial charge in [0.15, 0.2) is 0 Å². The van der Waals surface area contributed by atoms with E-state index in [9.17, 15) is 4.79 Å². The molecule has 0 heterocycles. The standard InChI is InChI=1S/C16H16BrNO2/c1-11(12-6-5-7-13(10-12)20-2)18-16(19)14-8-3-4-9-15(14)17/h3-11H,1-2H3,(H,18,19)/t11-/m0/s1. The minimum atomic E-state index is -0.104. The van der Waals surface area contributed by atoms with Crippen molar-refractivity contribution >= 4 is 21.8 Å². The third kappa shape index (κ3) is 3.39. The van der Waals surface area contributed by atoms with E-state index >= 15 is 0 Å². The largest absolute Gasteiger partial charge is 0.497 e. The number of carbonyl (C=O) groups is 1. The topological polar surface area (TPSA) is 38.3 Å². The van der Waals surface area contributed by atoms with Crippen LogP contribution in [-0.4, -0.2) is 13.0 Å². The highest BCUT2D eigenvalue weighted by Crippen LogP contribution is 2.21. The molecule has 2 rings (SSSR count). The van der Waals surface area contributed by atoms with Gasteiger partial charge in [-0.25, -0.2) is 0 Å². The number of hydrogen-bond acceptors (Lipinski definition) is 2. The van der Waals surface area contributed by atoms with E-state index < -0.39 is 0 Å². The van der Waals surface area contributed by atoms with Crippen LogP contribution in [0.25, 0.3) is 0 Å². The molecule has 1 N–H and O–H groups in total. The van der Waals surface area contributed by atoms with E-state index in [4.69, 9.17) is 4.74 Å². The van der Waals surface area contributed by atoms with Crippen LogP contribution in [0.3, 0.4) is 0 Å². The average molecular weight is 334 g/mol. The van der Waals surface area contributed by atoms with E-state index in [1.54, 1.807) is 13.2 Å². The summed E-state index contributed by atoms with van der Waals surface area (Å²) in [5.41, 5.74) is 1.63. The first-order valence-electron chi connectivity index (χ1n) is 6.31. The van der Waals surface area contributed by atoms with E-state index in [1.807, 2.05) is 49.4 Å². The fourth-order valence-electron chi connectivity index (χ4n) is 1.91. The molecular weight excluding hydrogens is 318 g/mol. The van der Waals surface area contributed by atoms with Crippen molar-refractivity contribution in [3.63, 3.8) is 0 Å². The van der Waals surface area contributed by atoms with Gasteiger partial charge < -0.3 is 10.1 Å². The number of hydrogen-bond donors (Lipinski definition) is 1. The zero-order valence-corrected chi connectivity index (χ0v) is 13.0. The lowest BCUT2D eigenvalue weighted by Crippen LogP contribution is -2.26. The van der Waals surface area contributed by atoms with Crippen molar-refractivity contribution in [1.29, 1.82) is 0 Å². The Labute approximate surface area is 127 Å². The second-order valence-electron chi connectivity index (χ2n) is 4.45. The number of benzene rings is 2. The lowest BCUT2D eigenvalue weighted by Gasteiger charge is -2.15. The van der Waals surface area contributed by atoms with E-state index in [-0.39, 0.29) is 11.9 Å². The maximum absolute atomic E-state index is 12.2. The molecule has 0 saturated carbocycles. The highest BCUT2D eigenvalue weighted by atomic mass is 79.9. The number of nitrogens with one attached hydrogen (secondary N) is 1. The molecule has 2 aromatic carbocycles. The van der Waals surface area contributed by atoms with Crippen molar-refractivity contribution in [2.45, 2.75) is 13.0 Å². The Hall–Kier alpha value is -1.81. The molecule has 20 heavy (non-hydrogen) atoms. The molecule has 0 aliphatic heterocycles. The molecule has 0 aliphatic rings. The molecule has 104 valence electrons. The van der Waals surface area contributed by atoms with Crippen LogP contribution in [0.15, 0.2) is 53.0 Å². The third-order valence-electron chi connectivity index (χ3n) is 3.06. The number of halogens is 1. The molecule has 1 atom stereocenters. The molecule has 0 radical (unpaired) electrons. The molecule has 0 bridgehead atoms. The summed E-state index contributed by atoms with van der Waals surface area (Å²) >= 11 is 3.39. The molecule has 2 aromatic rings. The Morgan fingerprint density at radius 3 is 2.65 bits per heavy atom. The molecule has 0 unspecified atom stereocenters. The van der Waals surface area contributed by atoms with Crippen LogP contribution in [0.5, 0.6) is 5.75 Å². The van der Waals surface area contributed by atoms with Crippen LogP contribution < -0.4 is 10.1 Å². The predicted octanol–water partition coefficient (Wildman–Crippen LogP) is 3.95. The minimum absolute atomic E-state index is 0.0929. The summed E-state index contributed by atoms with van der Waals surface area (Å²) in [4.78, 5) is 12.2. The molecule has 0 spiro atoms. The van der Waals surface area contributed by atoms with Crippen molar-refractivity contribution < 1.29 is 9.53 Å². The fraction of sp³-hybridized carbons (Fsp3) is 0.188. The first-order valence-corrected chi connectivity index (χ1v) is 7.10. The summed E-state index contributed by atoms with van der Waals surface area (Å²) in [7, 11) is 1.63. The first kappa shape index (κ1) is 14.6. The van der Waals surface area contributed by atoms with Gasteiger partial charge in [0.25, 0.3) is 5.91 Å². The maximum Gasteiger partial charge on any atom is 0.252 e. The monoisotopic (exact) mass is 333 g/mol. The van der Waals surface area contributed by atoms with Crippen LogP contribution in [0.2, 0.25) is 0 Å². The van der Waals surface area contributed by atoms with E-state index in [0.717, 1.165) is 15.8 Å². The van der Waals surface area contributed by atoms with Gasteiger partial charge in [-0.05, 0) is 52.7 Å². The second kappa shape index (κ2) is 6.57. The molecule has 4 heteroatoms. The molecule has 1 amide bonds. The van der Waals surface area contributed by atoms with E-state index in [1.165, 1.54) is 0 Å². The fourth-order valence-corrected chi connectivity index (χ4v) is 2.38. The first-order chi connectivity index (χ1) is 9.61. The normalized spacial score (nSPS) is 11.8. The van der Waals surface area contributed by atoms with Gasteiger partial charge in [0.2, 0.25) is 0 Å². The predicted molar refractivity (Wildman–Crippen MR) is 83.0 cm³/mol. The molecule has 0 fully saturated rings. The van der Waals surface area contributed by atoms with E-state index in [2.05, 4.69) is 21.2 Å². The van der Waals surface area contributed by atoms with Crippen molar-refractivity contribution in [1.82, 2.24) is 5.32 Å². The second-order valence-corrected chi connectivity index (χ2v) is 5.31. The van der Waals surface area contributed by atoms with Crippen LogP contribution >= 0.6 is 15.9 Å². The molecule has 0 aliphatic carbocycles. The molecule has 3 nitrogen and oxygen atoms in total. The van der Waals surface area contributed by atoms with Crippen molar-refractivity contribution in [2.75, 3.05) is 7.11 Å². The average Bonchev–Trinajstić information content (AvgIpc) is 2.47. The molecule has 0 saturated heterocycles. The Morgan fingerprint density at radius 2 is 1.95 bits per heavy atom. The lowest BCUT2D eigenvalue weighted by atomic mass is 10.1.